The van der Waals surface area contributed by atoms with E-state index in [0.717, 1.165) is 25.8 Å². The fraction of sp³-hybridized carbons (Fsp3) is 0.500. The summed E-state index contributed by atoms with van der Waals surface area (Å²) in [5.41, 5.74) is 0.657. The lowest BCUT2D eigenvalue weighted by molar-refractivity contribution is 0.0945. The number of Topliss-reactive ketones (excluding diaryl/α,β-unsaturated/α-hetero) is 1. The van der Waals surface area contributed by atoms with E-state index in [1.807, 2.05) is 11.9 Å². The zero-order valence-electron chi connectivity index (χ0n) is 10.7. The van der Waals surface area contributed by atoms with Crippen LogP contribution in [0, 0.1) is 0 Å². The first-order chi connectivity index (χ1) is 8.63. The number of nitrogens with zero attached hydrogens (tertiary/aromatic N) is 1. The zero-order chi connectivity index (χ0) is 13.4. The molecule has 1 rings (SSSR count). The van der Waals surface area contributed by atoms with Crippen LogP contribution in [-0.4, -0.2) is 42.5 Å². The van der Waals surface area contributed by atoms with Crippen molar-refractivity contribution in [2.24, 2.45) is 0 Å². The second kappa shape index (κ2) is 8.25. The van der Waals surface area contributed by atoms with Crippen LogP contribution in [0.15, 0.2) is 24.3 Å². The van der Waals surface area contributed by atoms with Crippen LogP contribution in [0.1, 0.15) is 29.6 Å². The molecular formula is C14H20ClNO2. The third-order valence-electron chi connectivity index (χ3n) is 2.76. The van der Waals surface area contributed by atoms with Gasteiger partial charge in [0.05, 0.1) is 6.54 Å². The lowest BCUT2D eigenvalue weighted by atomic mass is 10.1. The van der Waals surface area contributed by atoms with Gasteiger partial charge in [0, 0.05) is 17.2 Å². The number of ketones is 1. The monoisotopic (exact) mass is 269 g/mol. The second-order valence-electron chi connectivity index (χ2n) is 4.46. The molecule has 0 heterocycles. The number of carbonyl (C=O) groups is 1. The van der Waals surface area contributed by atoms with E-state index in [1.165, 1.54) is 0 Å². The topological polar surface area (TPSA) is 40.5 Å². The van der Waals surface area contributed by atoms with E-state index < -0.39 is 0 Å². The van der Waals surface area contributed by atoms with E-state index in [-0.39, 0.29) is 12.4 Å². The van der Waals surface area contributed by atoms with Crippen LogP contribution < -0.4 is 0 Å². The van der Waals surface area contributed by atoms with E-state index in [0.29, 0.717) is 17.1 Å². The number of hydrogen-bond acceptors (Lipinski definition) is 3. The van der Waals surface area contributed by atoms with Gasteiger partial charge >= 0.3 is 0 Å². The Hall–Kier alpha value is -0.900. The number of benzene rings is 1. The molecule has 100 valence electrons. The minimum absolute atomic E-state index is 0.0853. The molecule has 0 radical (unpaired) electrons. The Labute approximate surface area is 113 Å². The Kier molecular flexibility index (Phi) is 6.94. The molecule has 0 saturated carbocycles. The maximum Gasteiger partial charge on any atom is 0.176 e. The molecule has 0 fully saturated rings. The van der Waals surface area contributed by atoms with Gasteiger partial charge in [0.25, 0.3) is 0 Å². The molecule has 0 spiro atoms. The summed E-state index contributed by atoms with van der Waals surface area (Å²) < 4.78 is 0. The van der Waals surface area contributed by atoms with Crippen molar-refractivity contribution < 1.29 is 9.90 Å². The molecule has 0 bridgehead atoms. The van der Waals surface area contributed by atoms with Gasteiger partial charge in [-0.25, -0.2) is 0 Å². The molecule has 1 aromatic rings. The first-order valence-corrected chi connectivity index (χ1v) is 6.59. The van der Waals surface area contributed by atoms with Gasteiger partial charge in [0.1, 0.15) is 0 Å². The van der Waals surface area contributed by atoms with Gasteiger partial charge < -0.3 is 5.11 Å². The molecule has 3 nitrogen and oxygen atoms in total. The van der Waals surface area contributed by atoms with Crippen molar-refractivity contribution in [3.8, 4) is 0 Å². The van der Waals surface area contributed by atoms with Gasteiger partial charge in [0.2, 0.25) is 0 Å². The van der Waals surface area contributed by atoms with Crippen LogP contribution in [0.25, 0.3) is 0 Å². The number of likely N-dealkylation sites (N-methyl/N-ethyl adjacent to an activating group) is 1. The fourth-order valence-electron chi connectivity index (χ4n) is 1.75. The summed E-state index contributed by atoms with van der Waals surface area (Å²) in [6, 6.07) is 7.03. The van der Waals surface area contributed by atoms with Crippen molar-refractivity contribution in [3.05, 3.63) is 34.9 Å². The summed E-state index contributed by atoms with van der Waals surface area (Å²) in [6.45, 7) is 1.51. The molecule has 18 heavy (non-hydrogen) atoms. The highest BCUT2D eigenvalue weighted by Crippen LogP contribution is 2.11. The van der Waals surface area contributed by atoms with Crippen molar-refractivity contribution in [3.63, 3.8) is 0 Å². The summed E-state index contributed by atoms with van der Waals surface area (Å²) in [5, 5.41) is 9.26. The summed E-state index contributed by atoms with van der Waals surface area (Å²) in [4.78, 5) is 14.0. The van der Waals surface area contributed by atoms with Gasteiger partial charge in [-0.3, -0.25) is 9.69 Å². The van der Waals surface area contributed by atoms with Crippen LogP contribution >= 0.6 is 11.6 Å². The molecule has 4 heteroatoms. The lowest BCUT2D eigenvalue weighted by Crippen LogP contribution is -2.27. The van der Waals surface area contributed by atoms with Crippen LogP contribution in [0.4, 0.5) is 0 Å². The summed E-state index contributed by atoms with van der Waals surface area (Å²) >= 11 is 5.85. The van der Waals surface area contributed by atoms with E-state index in [2.05, 4.69) is 0 Å². The Morgan fingerprint density at radius 3 is 2.78 bits per heavy atom. The molecule has 0 amide bonds. The van der Waals surface area contributed by atoms with Gasteiger partial charge in [-0.05, 0) is 45.0 Å². The quantitative estimate of drug-likeness (QED) is 0.583. The predicted octanol–water partition coefficient (Wildman–Crippen LogP) is 2.62. The van der Waals surface area contributed by atoms with E-state index in [4.69, 9.17) is 16.7 Å². The van der Waals surface area contributed by atoms with Crippen molar-refractivity contribution in [2.45, 2.75) is 19.3 Å². The van der Waals surface area contributed by atoms with Crippen LogP contribution in [0.3, 0.4) is 0 Å². The Bertz CT molecular complexity index is 382. The highest BCUT2D eigenvalue weighted by molar-refractivity contribution is 6.31. The van der Waals surface area contributed by atoms with Crippen LogP contribution in [0.5, 0.6) is 0 Å². The third kappa shape index (κ3) is 5.63. The van der Waals surface area contributed by atoms with Crippen molar-refractivity contribution in [1.82, 2.24) is 4.90 Å². The van der Waals surface area contributed by atoms with E-state index >= 15 is 0 Å². The SMILES string of the molecule is CN(CCCCCO)CC(=O)c1cccc(Cl)c1. The molecule has 1 aromatic carbocycles. The molecular weight excluding hydrogens is 250 g/mol. The minimum atomic E-state index is 0.0853. The largest absolute Gasteiger partial charge is 0.396 e. The highest BCUT2D eigenvalue weighted by Gasteiger charge is 2.09. The average Bonchev–Trinajstić information content (AvgIpc) is 2.34. The fourth-order valence-corrected chi connectivity index (χ4v) is 1.94. The molecule has 0 aromatic heterocycles. The number of hydrogen-bond donors (Lipinski definition) is 1. The number of rotatable bonds is 8. The molecule has 0 aliphatic heterocycles. The maximum atomic E-state index is 12.0. The number of halogens is 1. The average molecular weight is 270 g/mol. The molecule has 0 atom stereocenters. The van der Waals surface area contributed by atoms with Crippen molar-refractivity contribution in [2.75, 3.05) is 26.7 Å². The van der Waals surface area contributed by atoms with Crippen molar-refractivity contribution >= 4 is 17.4 Å². The minimum Gasteiger partial charge on any atom is -0.396 e. The normalized spacial score (nSPS) is 10.9. The van der Waals surface area contributed by atoms with Gasteiger partial charge in [-0.2, -0.15) is 0 Å². The molecule has 0 unspecified atom stereocenters. The first-order valence-electron chi connectivity index (χ1n) is 6.21. The number of aliphatic hydroxyl groups excluding tert-OH is 1. The van der Waals surface area contributed by atoms with E-state index in [1.54, 1.807) is 24.3 Å². The third-order valence-corrected chi connectivity index (χ3v) is 2.99. The first kappa shape index (κ1) is 15.2. The maximum absolute atomic E-state index is 12.0. The van der Waals surface area contributed by atoms with Gasteiger partial charge in [0.15, 0.2) is 5.78 Å². The summed E-state index contributed by atoms with van der Waals surface area (Å²) in [5.74, 6) is 0.0853. The number of unbranched alkanes of at least 4 members (excludes halogenated alkanes) is 2. The molecule has 0 saturated heterocycles. The smallest absolute Gasteiger partial charge is 0.176 e. The van der Waals surface area contributed by atoms with Crippen LogP contribution in [-0.2, 0) is 0 Å². The van der Waals surface area contributed by atoms with Gasteiger partial charge in [-0.1, -0.05) is 23.7 Å². The zero-order valence-corrected chi connectivity index (χ0v) is 11.5. The highest BCUT2D eigenvalue weighted by atomic mass is 35.5. The predicted molar refractivity (Wildman–Crippen MR) is 74.2 cm³/mol. The molecule has 1 N–H and O–H groups in total. The van der Waals surface area contributed by atoms with E-state index in [9.17, 15) is 4.79 Å². The summed E-state index contributed by atoms with van der Waals surface area (Å²) in [6.07, 6.45) is 2.82. The molecule has 0 aliphatic carbocycles. The Morgan fingerprint density at radius 1 is 1.33 bits per heavy atom. The number of aliphatic hydroxyl groups is 1. The van der Waals surface area contributed by atoms with Crippen molar-refractivity contribution in [1.29, 1.82) is 0 Å². The van der Waals surface area contributed by atoms with Crippen LogP contribution in [0.2, 0.25) is 5.02 Å². The van der Waals surface area contributed by atoms with Gasteiger partial charge in [-0.15, -0.1) is 0 Å². The Morgan fingerprint density at radius 2 is 2.11 bits per heavy atom. The summed E-state index contributed by atoms with van der Waals surface area (Å²) in [7, 11) is 1.93. The Balaban J connectivity index is 2.35. The standard InChI is InChI=1S/C14H20ClNO2/c1-16(8-3-2-4-9-17)11-14(18)12-6-5-7-13(15)10-12/h5-7,10,17H,2-4,8-9,11H2,1H3. The molecule has 0 aliphatic rings. The lowest BCUT2D eigenvalue weighted by Gasteiger charge is -2.15. The number of carbonyl (C=O) groups excluding carboxylic acids is 1. The second-order valence-corrected chi connectivity index (χ2v) is 4.89.